The molecule has 0 spiro atoms. The molecule has 0 aliphatic heterocycles. The number of tetrazole rings is 1. The minimum Gasteiger partial charge on any atom is -0.309 e. The number of rotatable bonds is 4. The van der Waals surface area contributed by atoms with Crippen LogP contribution in [0.15, 0.2) is 31.1 Å². The molecule has 0 unspecified atom stereocenters. The maximum atomic E-state index is 11.8. The maximum absolute atomic E-state index is 11.8. The van der Waals surface area contributed by atoms with E-state index in [0.717, 1.165) is 5.82 Å². The van der Waals surface area contributed by atoms with Crippen LogP contribution in [0.2, 0.25) is 0 Å². The number of anilines is 1. The fourth-order valence-corrected chi connectivity index (χ4v) is 1.75. The molecular formula is C11H11N9O. The summed E-state index contributed by atoms with van der Waals surface area (Å²) < 4.78 is 3.11. The van der Waals surface area contributed by atoms with Gasteiger partial charge in [-0.05, 0) is 17.4 Å². The molecule has 3 heterocycles. The second-order valence-corrected chi connectivity index (χ2v) is 4.16. The second-order valence-electron chi connectivity index (χ2n) is 4.16. The first kappa shape index (κ1) is 12.8. The van der Waals surface area contributed by atoms with E-state index >= 15 is 0 Å². The smallest absolute Gasteiger partial charge is 0.247 e. The average Bonchev–Trinajstić information content (AvgIpc) is 3.10. The van der Waals surface area contributed by atoms with E-state index in [1.165, 1.54) is 17.3 Å². The third kappa shape index (κ3) is 2.88. The predicted octanol–water partition coefficient (Wildman–Crippen LogP) is -0.404. The zero-order valence-electron chi connectivity index (χ0n) is 11.1. The van der Waals surface area contributed by atoms with Crippen molar-refractivity contribution in [1.29, 1.82) is 0 Å². The van der Waals surface area contributed by atoms with E-state index < -0.39 is 0 Å². The van der Waals surface area contributed by atoms with Gasteiger partial charge in [0.1, 0.15) is 36.7 Å². The van der Waals surface area contributed by atoms with Gasteiger partial charge in [-0.15, -0.1) is 5.10 Å². The van der Waals surface area contributed by atoms with Crippen LogP contribution in [0.1, 0.15) is 5.82 Å². The van der Waals surface area contributed by atoms with E-state index in [1.807, 2.05) is 6.92 Å². The summed E-state index contributed by atoms with van der Waals surface area (Å²) >= 11 is 0. The Morgan fingerprint density at radius 1 is 1.33 bits per heavy atom. The third-order valence-corrected chi connectivity index (χ3v) is 2.69. The molecule has 0 fully saturated rings. The molecule has 1 N–H and O–H groups in total. The van der Waals surface area contributed by atoms with Crippen molar-refractivity contribution in [3.05, 3.63) is 36.9 Å². The van der Waals surface area contributed by atoms with Gasteiger partial charge in [0.05, 0.1) is 0 Å². The lowest BCUT2D eigenvalue weighted by Gasteiger charge is -2.07. The van der Waals surface area contributed by atoms with E-state index in [0.29, 0.717) is 11.6 Å². The van der Waals surface area contributed by atoms with Crippen molar-refractivity contribution in [1.82, 2.24) is 39.7 Å². The van der Waals surface area contributed by atoms with Crippen LogP contribution < -0.4 is 5.32 Å². The lowest BCUT2D eigenvalue weighted by molar-refractivity contribution is -0.116. The predicted molar refractivity (Wildman–Crippen MR) is 70.3 cm³/mol. The Balaban J connectivity index is 1.74. The summed E-state index contributed by atoms with van der Waals surface area (Å²) in [6, 6.07) is 1.66. The van der Waals surface area contributed by atoms with Gasteiger partial charge in [-0.2, -0.15) is 0 Å². The Bertz CT molecular complexity index is 749. The van der Waals surface area contributed by atoms with Gasteiger partial charge in [0.25, 0.3) is 0 Å². The molecule has 3 aromatic heterocycles. The van der Waals surface area contributed by atoms with Gasteiger partial charge in [-0.3, -0.25) is 9.36 Å². The topological polar surface area (TPSA) is 116 Å². The van der Waals surface area contributed by atoms with Crippen molar-refractivity contribution < 1.29 is 4.79 Å². The molecule has 1 amide bonds. The van der Waals surface area contributed by atoms with Crippen LogP contribution in [-0.4, -0.2) is 45.6 Å². The fraction of sp³-hybridized carbons (Fsp3) is 0.182. The monoisotopic (exact) mass is 285 g/mol. The van der Waals surface area contributed by atoms with Gasteiger partial charge in [0.2, 0.25) is 5.91 Å². The van der Waals surface area contributed by atoms with Gasteiger partial charge in [0, 0.05) is 18.5 Å². The number of aromatic nitrogens is 8. The van der Waals surface area contributed by atoms with Crippen LogP contribution in [0.5, 0.6) is 0 Å². The number of imidazole rings is 1. The number of carbonyl (C=O) groups is 1. The molecule has 0 radical (unpaired) electrons. The van der Waals surface area contributed by atoms with E-state index in [9.17, 15) is 4.79 Å². The number of hydrogen-bond acceptors (Lipinski definition) is 7. The quantitative estimate of drug-likeness (QED) is 0.692. The van der Waals surface area contributed by atoms with Gasteiger partial charge in [0.15, 0.2) is 0 Å². The zero-order valence-corrected chi connectivity index (χ0v) is 11.1. The highest BCUT2D eigenvalue weighted by molar-refractivity contribution is 5.89. The van der Waals surface area contributed by atoms with Gasteiger partial charge >= 0.3 is 0 Å². The largest absolute Gasteiger partial charge is 0.309 e. The summed E-state index contributed by atoms with van der Waals surface area (Å²) in [6.45, 7) is 1.87. The molecule has 10 heteroatoms. The lowest BCUT2D eigenvalue weighted by atomic mass is 10.4. The molecule has 0 aromatic carbocycles. The Morgan fingerprint density at radius 2 is 2.24 bits per heavy atom. The maximum Gasteiger partial charge on any atom is 0.247 e. The van der Waals surface area contributed by atoms with Crippen LogP contribution in [-0.2, 0) is 11.3 Å². The summed E-state index contributed by atoms with van der Waals surface area (Å²) in [5.41, 5.74) is 0. The molecule has 0 saturated carbocycles. The SMILES string of the molecule is Cc1nccn1-c1cc(NC(=O)Cn2cnnn2)ncn1. The Labute approximate surface area is 118 Å². The standard InChI is InChI=1S/C11H11N9O/c1-8-12-2-3-20(8)10-4-9(13-6-14-10)16-11(21)5-19-7-15-17-18-19/h2-4,6-7H,5H2,1H3,(H,13,14,16,21). The first-order valence-corrected chi connectivity index (χ1v) is 6.05. The van der Waals surface area contributed by atoms with E-state index in [-0.39, 0.29) is 12.5 Å². The number of aryl methyl sites for hydroxylation is 1. The Morgan fingerprint density at radius 3 is 2.95 bits per heavy atom. The van der Waals surface area contributed by atoms with E-state index in [1.54, 1.807) is 23.0 Å². The summed E-state index contributed by atoms with van der Waals surface area (Å²) in [6.07, 6.45) is 6.19. The van der Waals surface area contributed by atoms with Crippen LogP contribution in [0.3, 0.4) is 0 Å². The number of nitrogens with one attached hydrogen (secondary N) is 1. The van der Waals surface area contributed by atoms with Gasteiger partial charge in [-0.25, -0.2) is 19.6 Å². The van der Waals surface area contributed by atoms with Crippen molar-refractivity contribution in [3.63, 3.8) is 0 Å². The molecule has 0 bridgehead atoms. The molecular weight excluding hydrogens is 274 g/mol. The highest BCUT2D eigenvalue weighted by atomic mass is 16.2. The van der Waals surface area contributed by atoms with Crippen molar-refractivity contribution in [2.45, 2.75) is 13.5 Å². The summed E-state index contributed by atoms with van der Waals surface area (Å²) in [7, 11) is 0. The molecule has 0 aliphatic carbocycles. The highest BCUT2D eigenvalue weighted by Gasteiger charge is 2.08. The van der Waals surface area contributed by atoms with Crippen LogP contribution in [0.25, 0.3) is 5.82 Å². The summed E-state index contributed by atoms with van der Waals surface area (Å²) in [5, 5.41) is 13.2. The first-order chi connectivity index (χ1) is 10.2. The van der Waals surface area contributed by atoms with Gasteiger partial charge in [-0.1, -0.05) is 0 Å². The molecule has 106 valence electrons. The summed E-state index contributed by atoms with van der Waals surface area (Å²) in [5.74, 6) is 1.53. The normalized spacial score (nSPS) is 10.5. The molecule has 0 atom stereocenters. The Kier molecular flexibility index (Phi) is 3.33. The third-order valence-electron chi connectivity index (χ3n) is 2.69. The zero-order chi connectivity index (χ0) is 14.7. The molecule has 21 heavy (non-hydrogen) atoms. The second kappa shape index (κ2) is 5.45. The minimum atomic E-state index is -0.283. The van der Waals surface area contributed by atoms with Crippen molar-refractivity contribution in [2.24, 2.45) is 0 Å². The minimum absolute atomic E-state index is 0.0104. The average molecular weight is 285 g/mol. The Hall–Kier alpha value is -3.17. The van der Waals surface area contributed by atoms with Crippen molar-refractivity contribution >= 4 is 11.7 Å². The van der Waals surface area contributed by atoms with Gasteiger partial charge < -0.3 is 5.32 Å². The van der Waals surface area contributed by atoms with Crippen molar-refractivity contribution in [3.8, 4) is 5.82 Å². The van der Waals surface area contributed by atoms with Crippen LogP contribution >= 0.6 is 0 Å². The highest BCUT2D eigenvalue weighted by Crippen LogP contribution is 2.10. The molecule has 0 aliphatic rings. The fourth-order valence-electron chi connectivity index (χ4n) is 1.75. The lowest BCUT2D eigenvalue weighted by Crippen LogP contribution is -2.20. The molecule has 10 nitrogen and oxygen atoms in total. The molecule has 3 aromatic rings. The number of carbonyl (C=O) groups excluding carboxylic acids is 1. The van der Waals surface area contributed by atoms with E-state index in [4.69, 9.17) is 0 Å². The molecule has 0 saturated heterocycles. The molecule has 3 rings (SSSR count). The van der Waals surface area contributed by atoms with Crippen LogP contribution in [0, 0.1) is 6.92 Å². The first-order valence-electron chi connectivity index (χ1n) is 6.05. The summed E-state index contributed by atoms with van der Waals surface area (Å²) in [4.78, 5) is 24.1. The number of amides is 1. The number of nitrogens with zero attached hydrogens (tertiary/aromatic N) is 8. The van der Waals surface area contributed by atoms with Crippen molar-refractivity contribution in [2.75, 3.05) is 5.32 Å². The number of hydrogen-bond donors (Lipinski definition) is 1. The van der Waals surface area contributed by atoms with Crippen LogP contribution in [0.4, 0.5) is 5.82 Å². The van der Waals surface area contributed by atoms with E-state index in [2.05, 4.69) is 35.8 Å².